The number of aliphatic hydroxyl groups is 2. The molecule has 1 aromatic rings. The van der Waals surface area contributed by atoms with Crippen LogP contribution in [-0.2, 0) is 0 Å². The quantitative estimate of drug-likeness (QED) is 0.518. The van der Waals surface area contributed by atoms with Crippen molar-refractivity contribution >= 4 is 5.69 Å². The predicted octanol–water partition coefficient (Wildman–Crippen LogP) is 0.907. The van der Waals surface area contributed by atoms with E-state index < -0.39 is 17.1 Å². The second kappa shape index (κ2) is 6.44. The third kappa shape index (κ3) is 3.25. The maximum Gasteiger partial charge on any atom is 0.278 e. The van der Waals surface area contributed by atoms with Crippen molar-refractivity contribution in [3.8, 4) is 0 Å². The van der Waals surface area contributed by atoms with Crippen LogP contribution in [0.3, 0.4) is 0 Å². The Balaban J connectivity index is 3.01. The maximum absolute atomic E-state index is 11.0. The normalized spacial score (nSPS) is 14.2. The lowest BCUT2D eigenvalue weighted by molar-refractivity contribution is -0.386. The number of nitrogens with zero attached hydrogens (tertiary/aromatic N) is 1. The Kier molecular flexibility index (Phi) is 5.21. The molecular weight excluding hydrogens is 236 g/mol. The molecule has 18 heavy (non-hydrogen) atoms. The Morgan fingerprint density at radius 2 is 2.11 bits per heavy atom. The minimum Gasteiger partial charge on any atom is -0.390 e. The van der Waals surface area contributed by atoms with Crippen LogP contribution >= 0.6 is 0 Å². The Bertz CT molecular complexity index is 423. The van der Waals surface area contributed by atoms with Crippen molar-refractivity contribution in [3.05, 3.63) is 39.4 Å². The molecule has 1 aromatic carbocycles. The highest BCUT2D eigenvalue weighted by atomic mass is 16.6. The van der Waals surface area contributed by atoms with Crippen LogP contribution in [0.25, 0.3) is 0 Å². The van der Waals surface area contributed by atoms with Gasteiger partial charge >= 0.3 is 0 Å². The van der Waals surface area contributed by atoms with Crippen LogP contribution < -0.4 is 5.32 Å². The molecule has 0 amide bonds. The molecule has 0 bridgehead atoms. The van der Waals surface area contributed by atoms with Crippen molar-refractivity contribution in [1.82, 2.24) is 5.32 Å². The zero-order valence-electron chi connectivity index (χ0n) is 10.5. The topological polar surface area (TPSA) is 95.6 Å². The molecule has 0 saturated heterocycles. The zero-order chi connectivity index (χ0) is 13.7. The van der Waals surface area contributed by atoms with E-state index >= 15 is 0 Å². The lowest BCUT2D eigenvalue weighted by Gasteiger charge is -2.18. The van der Waals surface area contributed by atoms with Gasteiger partial charge in [0.05, 0.1) is 16.6 Å². The van der Waals surface area contributed by atoms with Gasteiger partial charge in [0.1, 0.15) is 6.10 Å². The van der Waals surface area contributed by atoms with E-state index in [-0.39, 0.29) is 11.3 Å². The molecule has 2 atom stereocenters. The molecule has 0 aromatic heterocycles. The van der Waals surface area contributed by atoms with Crippen molar-refractivity contribution in [1.29, 1.82) is 0 Å². The average Bonchev–Trinajstić information content (AvgIpc) is 2.34. The van der Waals surface area contributed by atoms with Gasteiger partial charge in [-0.2, -0.15) is 0 Å². The number of aliphatic hydroxyl groups excluding tert-OH is 2. The summed E-state index contributed by atoms with van der Waals surface area (Å²) in [6.45, 7) is 2.13. The lowest BCUT2D eigenvalue weighted by Crippen LogP contribution is -2.24. The molecule has 0 spiro atoms. The summed E-state index contributed by atoms with van der Waals surface area (Å²) in [5.41, 5.74) is 0.495. The van der Waals surface area contributed by atoms with Crippen molar-refractivity contribution in [3.63, 3.8) is 0 Å². The Morgan fingerprint density at radius 1 is 1.44 bits per heavy atom. The van der Waals surface area contributed by atoms with Gasteiger partial charge in [0.25, 0.3) is 5.69 Å². The summed E-state index contributed by atoms with van der Waals surface area (Å²) < 4.78 is 0. The fourth-order valence-corrected chi connectivity index (χ4v) is 1.83. The number of para-hydroxylation sites is 1. The molecule has 2 unspecified atom stereocenters. The number of nitro groups is 1. The van der Waals surface area contributed by atoms with Gasteiger partial charge in [-0.3, -0.25) is 10.1 Å². The molecule has 6 nitrogen and oxygen atoms in total. The monoisotopic (exact) mass is 254 g/mol. The Hall–Kier alpha value is -1.50. The van der Waals surface area contributed by atoms with E-state index in [9.17, 15) is 20.3 Å². The van der Waals surface area contributed by atoms with Gasteiger partial charge in [0, 0.05) is 5.56 Å². The first-order valence-electron chi connectivity index (χ1n) is 5.73. The summed E-state index contributed by atoms with van der Waals surface area (Å²) in [5.74, 6) is 0. The molecule has 0 radical (unpaired) electrons. The smallest absolute Gasteiger partial charge is 0.278 e. The van der Waals surface area contributed by atoms with Crippen molar-refractivity contribution in [2.45, 2.75) is 25.6 Å². The van der Waals surface area contributed by atoms with Gasteiger partial charge in [-0.05, 0) is 33.0 Å². The molecule has 0 fully saturated rings. The third-order valence-electron chi connectivity index (χ3n) is 2.82. The molecule has 3 N–H and O–H groups in total. The lowest BCUT2D eigenvalue weighted by atomic mass is 9.98. The summed E-state index contributed by atoms with van der Waals surface area (Å²) in [6, 6.07) is 4.71. The first-order chi connectivity index (χ1) is 8.49. The Morgan fingerprint density at radius 3 is 2.67 bits per heavy atom. The third-order valence-corrected chi connectivity index (χ3v) is 2.82. The van der Waals surface area contributed by atoms with Crippen molar-refractivity contribution < 1.29 is 15.1 Å². The highest BCUT2D eigenvalue weighted by Crippen LogP contribution is 2.30. The zero-order valence-corrected chi connectivity index (χ0v) is 10.5. The number of aryl methyl sites for hydroxylation is 1. The summed E-state index contributed by atoms with van der Waals surface area (Å²) in [5, 5.41) is 33.6. The highest BCUT2D eigenvalue weighted by Gasteiger charge is 2.27. The SMILES string of the molecule is CNCCC(O)C(O)c1cccc(C)c1[N+](=O)[O-]. The minimum absolute atomic E-state index is 0.131. The molecule has 0 saturated carbocycles. The highest BCUT2D eigenvalue weighted by molar-refractivity contribution is 5.48. The summed E-state index contributed by atoms with van der Waals surface area (Å²) in [6.07, 6.45) is -1.96. The van der Waals surface area contributed by atoms with Crippen LogP contribution in [0.4, 0.5) is 5.69 Å². The molecule has 0 aliphatic rings. The van der Waals surface area contributed by atoms with Gasteiger partial charge in [-0.1, -0.05) is 12.1 Å². The molecule has 100 valence electrons. The fourth-order valence-electron chi connectivity index (χ4n) is 1.83. The number of nitro benzene ring substituents is 1. The van der Waals surface area contributed by atoms with E-state index in [1.54, 1.807) is 26.1 Å². The summed E-state index contributed by atoms with van der Waals surface area (Å²) in [7, 11) is 1.73. The maximum atomic E-state index is 11.0. The van der Waals surface area contributed by atoms with Crippen LogP contribution in [0.15, 0.2) is 18.2 Å². The molecule has 0 aliphatic heterocycles. The Labute approximate surface area is 105 Å². The number of hydrogen-bond acceptors (Lipinski definition) is 5. The van der Waals surface area contributed by atoms with E-state index in [1.807, 2.05) is 0 Å². The van der Waals surface area contributed by atoms with Crippen molar-refractivity contribution in [2.75, 3.05) is 13.6 Å². The van der Waals surface area contributed by atoms with Gasteiger partial charge < -0.3 is 15.5 Å². The predicted molar refractivity (Wildman–Crippen MR) is 67.3 cm³/mol. The van der Waals surface area contributed by atoms with Gasteiger partial charge in [-0.15, -0.1) is 0 Å². The average molecular weight is 254 g/mol. The van der Waals surface area contributed by atoms with Crippen LogP contribution in [0.2, 0.25) is 0 Å². The van der Waals surface area contributed by atoms with E-state index in [1.165, 1.54) is 6.07 Å². The first-order valence-corrected chi connectivity index (χ1v) is 5.73. The van der Waals surface area contributed by atoms with Crippen LogP contribution in [0.5, 0.6) is 0 Å². The summed E-state index contributed by atoms with van der Waals surface area (Å²) in [4.78, 5) is 10.5. The number of nitrogens with one attached hydrogen (secondary N) is 1. The molecule has 6 heteroatoms. The van der Waals surface area contributed by atoms with Crippen LogP contribution in [0, 0.1) is 17.0 Å². The van der Waals surface area contributed by atoms with Gasteiger partial charge in [0.2, 0.25) is 0 Å². The molecule has 0 heterocycles. The van der Waals surface area contributed by atoms with Gasteiger partial charge in [-0.25, -0.2) is 0 Å². The van der Waals surface area contributed by atoms with E-state index in [4.69, 9.17) is 0 Å². The van der Waals surface area contributed by atoms with E-state index in [0.717, 1.165) is 0 Å². The summed E-state index contributed by atoms with van der Waals surface area (Å²) >= 11 is 0. The van der Waals surface area contributed by atoms with E-state index in [2.05, 4.69) is 5.32 Å². The minimum atomic E-state index is -1.25. The number of rotatable bonds is 6. The van der Waals surface area contributed by atoms with Crippen molar-refractivity contribution in [2.24, 2.45) is 0 Å². The first kappa shape index (κ1) is 14.6. The number of hydrogen-bond donors (Lipinski definition) is 3. The van der Waals surface area contributed by atoms with Gasteiger partial charge in [0.15, 0.2) is 0 Å². The standard InChI is InChI=1S/C12H18N2O4/c1-8-4-3-5-9(11(8)14(17)18)12(16)10(15)6-7-13-2/h3-5,10,12-13,15-16H,6-7H2,1-2H3. The number of benzene rings is 1. The fraction of sp³-hybridized carbons (Fsp3) is 0.500. The molecular formula is C12H18N2O4. The second-order valence-corrected chi connectivity index (χ2v) is 4.17. The molecule has 1 rings (SSSR count). The van der Waals surface area contributed by atoms with Crippen LogP contribution in [0.1, 0.15) is 23.7 Å². The largest absolute Gasteiger partial charge is 0.390 e. The van der Waals surface area contributed by atoms with Crippen LogP contribution in [-0.4, -0.2) is 34.8 Å². The van der Waals surface area contributed by atoms with E-state index in [0.29, 0.717) is 18.5 Å². The second-order valence-electron chi connectivity index (χ2n) is 4.17. The molecule has 0 aliphatic carbocycles.